The van der Waals surface area contributed by atoms with Crippen molar-refractivity contribution < 1.29 is 4.79 Å². The minimum atomic E-state index is -0.0239. The molecule has 1 saturated heterocycles. The smallest absolute Gasteiger partial charge is 0.315 e. The van der Waals surface area contributed by atoms with Crippen molar-refractivity contribution in [3.05, 3.63) is 35.9 Å². The van der Waals surface area contributed by atoms with Gasteiger partial charge in [0.25, 0.3) is 0 Å². The second-order valence-electron chi connectivity index (χ2n) is 6.50. The molecule has 1 aliphatic heterocycles. The SMILES string of the molecule is CCN(C)[C@]1(c2ccccc2)CC[C@@]2(CC1)CNC(=O)N2. The Morgan fingerprint density at radius 3 is 2.33 bits per heavy atom. The molecule has 114 valence electrons. The van der Waals surface area contributed by atoms with Crippen LogP contribution in [0, 0.1) is 0 Å². The molecule has 0 radical (unpaired) electrons. The number of hydrogen-bond donors (Lipinski definition) is 2. The van der Waals surface area contributed by atoms with Gasteiger partial charge in [-0.3, -0.25) is 4.90 Å². The highest BCUT2D eigenvalue weighted by Gasteiger charge is 2.48. The van der Waals surface area contributed by atoms with Crippen molar-refractivity contribution in [2.75, 3.05) is 20.1 Å². The molecular formula is C17H25N3O. The topological polar surface area (TPSA) is 44.4 Å². The molecule has 0 bridgehead atoms. The zero-order chi connectivity index (χ0) is 14.9. The van der Waals surface area contributed by atoms with Gasteiger partial charge in [-0.05, 0) is 44.8 Å². The minimum Gasteiger partial charge on any atom is -0.336 e. The fraction of sp³-hybridized carbons (Fsp3) is 0.588. The van der Waals surface area contributed by atoms with E-state index in [-0.39, 0.29) is 17.1 Å². The molecule has 4 heteroatoms. The Morgan fingerprint density at radius 1 is 1.14 bits per heavy atom. The van der Waals surface area contributed by atoms with E-state index in [1.54, 1.807) is 0 Å². The highest BCUT2D eigenvalue weighted by Crippen LogP contribution is 2.45. The van der Waals surface area contributed by atoms with E-state index >= 15 is 0 Å². The van der Waals surface area contributed by atoms with E-state index in [0.717, 1.165) is 38.8 Å². The van der Waals surface area contributed by atoms with Gasteiger partial charge in [-0.25, -0.2) is 4.79 Å². The molecule has 2 amide bonds. The summed E-state index contributed by atoms with van der Waals surface area (Å²) in [5.41, 5.74) is 1.49. The average molecular weight is 287 g/mol. The molecule has 1 saturated carbocycles. The molecule has 0 aromatic heterocycles. The normalized spacial score (nSPS) is 32.2. The molecule has 4 nitrogen and oxygen atoms in total. The lowest BCUT2D eigenvalue weighted by Gasteiger charge is -2.49. The number of hydrogen-bond acceptors (Lipinski definition) is 2. The first-order valence-electron chi connectivity index (χ1n) is 7.93. The number of urea groups is 1. The molecule has 2 fully saturated rings. The lowest BCUT2D eigenvalue weighted by atomic mass is 9.68. The van der Waals surface area contributed by atoms with Gasteiger partial charge in [-0.15, -0.1) is 0 Å². The number of nitrogens with one attached hydrogen (secondary N) is 2. The van der Waals surface area contributed by atoms with Crippen molar-refractivity contribution in [1.29, 1.82) is 0 Å². The van der Waals surface area contributed by atoms with E-state index in [9.17, 15) is 4.79 Å². The summed E-state index contributed by atoms with van der Waals surface area (Å²) < 4.78 is 0. The summed E-state index contributed by atoms with van der Waals surface area (Å²) in [6, 6.07) is 10.8. The van der Waals surface area contributed by atoms with Crippen molar-refractivity contribution in [2.24, 2.45) is 0 Å². The maximum atomic E-state index is 11.5. The van der Waals surface area contributed by atoms with E-state index in [2.05, 4.69) is 59.8 Å². The Balaban J connectivity index is 1.85. The zero-order valence-electron chi connectivity index (χ0n) is 13.0. The number of carbonyl (C=O) groups is 1. The maximum absolute atomic E-state index is 11.5. The van der Waals surface area contributed by atoms with E-state index in [4.69, 9.17) is 0 Å². The molecule has 1 aromatic carbocycles. The van der Waals surface area contributed by atoms with Crippen LogP contribution in [0.3, 0.4) is 0 Å². The van der Waals surface area contributed by atoms with Crippen molar-refractivity contribution in [3.8, 4) is 0 Å². The zero-order valence-corrected chi connectivity index (χ0v) is 13.0. The van der Waals surface area contributed by atoms with Crippen LogP contribution in [0.5, 0.6) is 0 Å². The molecule has 1 spiro atoms. The lowest BCUT2D eigenvalue weighted by molar-refractivity contribution is 0.0491. The number of benzene rings is 1. The molecule has 1 aliphatic carbocycles. The summed E-state index contributed by atoms with van der Waals surface area (Å²) in [5.74, 6) is 0. The summed E-state index contributed by atoms with van der Waals surface area (Å²) in [6.45, 7) is 4.02. The predicted octanol–water partition coefficient (Wildman–Crippen LogP) is 2.46. The van der Waals surface area contributed by atoms with E-state index in [1.807, 2.05) is 0 Å². The molecule has 21 heavy (non-hydrogen) atoms. The highest BCUT2D eigenvalue weighted by molar-refractivity contribution is 5.77. The van der Waals surface area contributed by atoms with Crippen LogP contribution >= 0.6 is 0 Å². The fourth-order valence-electron chi connectivity index (χ4n) is 3.96. The Labute approximate surface area is 126 Å². The number of nitrogens with zero attached hydrogens (tertiary/aromatic N) is 1. The van der Waals surface area contributed by atoms with Gasteiger partial charge in [0.05, 0.1) is 5.54 Å². The Kier molecular flexibility index (Phi) is 3.66. The van der Waals surface area contributed by atoms with Crippen LogP contribution in [-0.4, -0.2) is 36.6 Å². The summed E-state index contributed by atoms with van der Waals surface area (Å²) in [5, 5.41) is 6.07. The lowest BCUT2D eigenvalue weighted by Crippen LogP contribution is -2.54. The molecule has 0 atom stereocenters. The van der Waals surface area contributed by atoms with Gasteiger partial charge >= 0.3 is 6.03 Å². The summed E-state index contributed by atoms with van der Waals surface area (Å²) in [7, 11) is 2.22. The second kappa shape index (κ2) is 5.34. The third kappa shape index (κ3) is 2.42. The van der Waals surface area contributed by atoms with Gasteiger partial charge in [0, 0.05) is 12.1 Å². The molecule has 2 aliphatic rings. The van der Waals surface area contributed by atoms with Crippen LogP contribution in [0.4, 0.5) is 4.79 Å². The molecule has 0 unspecified atom stereocenters. The van der Waals surface area contributed by atoms with Crippen molar-refractivity contribution in [1.82, 2.24) is 15.5 Å². The Hall–Kier alpha value is -1.55. The van der Waals surface area contributed by atoms with E-state index in [1.165, 1.54) is 5.56 Å². The van der Waals surface area contributed by atoms with Crippen LogP contribution in [0.1, 0.15) is 38.2 Å². The van der Waals surface area contributed by atoms with E-state index < -0.39 is 0 Å². The molecule has 3 rings (SSSR count). The standard InChI is InChI=1S/C17H25N3O/c1-3-20(2)17(14-7-5-4-6-8-14)11-9-16(10-12-17)13-18-15(21)19-16/h4-8H,3,9-13H2,1-2H3,(H2,18,19,21)/t16-,17-. The van der Waals surface area contributed by atoms with Crippen LogP contribution in [0.25, 0.3) is 0 Å². The van der Waals surface area contributed by atoms with Gasteiger partial charge in [-0.1, -0.05) is 37.3 Å². The largest absolute Gasteiger partial charge is 0.336 e. The van der Waals surface area contributed by atoms with E-state index in [0.29, 0.717) is 0 Å². The van der Waals surface area contributed by atoms with Crippen LogP contribution < -0.4 is 10.6 Å². The van der Waals surface area contributed by atoms with Gasteiger partial charge < -0.3 is 10.6 Å². The third-order valence-electron chi connectivity index (χ3n) is 5.52. The van der Waals surface area contributed by atoms with Gasteiger partial charge in [0.2, 0.25) is 0 Å². The van der Waals surface area contributed by atoms with Crippen LogP contribution in [-0.2, 0) is 5.54 Å². The van der Waals surface area contributed by atoms with Gasteiger partial charge in [0.1, 0.15) is 0 Å². The predicted molar refractivity (Wildman–Crippen MR) is 84.2 cm³/mol. The van der Waals surface area contributed by atoms with Gasteiger partial charge in [-0.2, -0.15) is 0 Å². The molecule has 1 heterocycles. The molecule has 2 N–H and O–H groups in total. The molecular weight excluding hydrogens is 262 g/mol. The average Bonchev–Trinajstić information content (AvgIpc) is 2.89. The monoisotopic (exact) mass is 287 g/mol. The summed E-state index contributed by atoms with van der Waals surface area (Å²) >= 11 is 0. The summed E-state index contributed by atoms with van der Waals surface area (Å²) in [4.78, 5) is 14.0. The van der Waals surface area contributed by atoms with Crippen molar-refractivity contribution >= 4 is 6.03 Å². The third-order valence-corrected chi connectivity index (χ3v) is 5.52. The Bertz CT molecular complexity index is 506. The highest BCUT2D eigenvalue weighted by atomic mass is 16.2. The fourth-order valence-corrected chi connectivity index (χ4v) is 3.96. The molecule has 1 aromatic rings. The van der Waals surface area contributed by atoms with Crippen molar-refractivity contribution in [3.63, 3.8) is 0 Å². The minimum absolute atomic E-state index is 0.00828. The first kappa shape index (κ1) is 14.4. The van der Waals surface area contributed by atoms with Crippen molar-refractivity contribution in [2.45, 2.75) is 43.7 Å². The Morgan fingerprint density at radius 2 is 1.81 bits per heavy atom. The first-order valence-corrected chi connectivity index (χ1v) is 7.93. The first-order chi connectivity index (χ1) is 10.1. The van der Waals surface area contributed by atoms with Crippen LogP contribution in [0.2, 0.25) is 0 Å². The number of amides is 2. The summed E-state index contributed by atoms with van der Waals surface area (Å²) in [6.07, 6.45) is 4.24. The van der Waals surface area contributed by atoms with Crippen LogP contribution in [0.15, 0.2) is 30.3 Å². The number of carbonyl (C=O) groups excluding carboxylic acids is 1. The second-order valence-corrected chi connectivity index (χ2v) is 6.50. The maximum Gasteiger partial charge on any atom is 0.315 e. The quantitative estimate of drug-likeness (QED) is 0.897. The van der Waals surface area contributed by atoms with Gasteiger partial charge in [0.15, 0.2) is 0 Å². The number of rotatable bonds is 3.